The normalized spacial score (nSPS) is 28.9. The quantitative estimate of drug-likeness (QED) is 0.439. The molecule has 0 saturated carbocycles. The second kappa shape index (κ2) is 7.65. The van der Waals surface area contributed by atoms with Gasteiger partial charge in [-0.3, -0.25) is 23.9 Å². The van der Waals surface area contributed by atoms with Gasteiger partial charge in [-0.05, 0) is 63.4 Å². The minimum atomic E-state index is -4.59. The van der Waals surface area contributed by atoms with Crippen LogP contribution in [0.1, 0.15) is 53.9 Å². The van der Waals surface area contributed by atoms with E-state index in [0.29, 0.717) is 19.0 Å². The van der Waals surface area contributed by atoms with Gasteiger partial charge in [-0.25, -0.2) is 4.39 Å². The number of aromatic nitrogens is 1. The van der Waals surface area contributed by atoms with Gasteiger partial charge in [0.2, 0.25) is 0 Å². The number of amidine groups is 1. The second-order valence-corrected chi connectivity index (χ2v) is 11.7. The van der Waals surface area contributed by atoms with Gasteiger partial charge in [-0.1, -0.05) is 0 Å². The van der Waals surface area contributed by atoms with Crippen LogP contribution in [-0.2, 0) is 11.7 Å². The van der Waals surface area contributed by atoms with Crippen LogP contribution in [-0.4, -0.2) is 35.8 Å². The largest absolute Gasteiger partial charge is 0.417 e. The Labute approximate surface area is 194 Å². The first-order chi connectivity index (χ1) is 15.6. The Balaban J connectivity index is 1.68. The van der Waals surface area contributed by atoms with Crippen LogP contribution in [0, 0.1) is 12.7 Å². The van der Waals surface area contributed by atoms with E-state index >= 15 is 0 Å². The number of nitrogens with two attached hydrogens (primary N) is 1. The molecule has 2 aromatic rings. The lowest BCUT2D eigenvalue weighted by Gasteiger charge is -2.54. The number of hydrogen-bond acceptors (Lipinski definition) is 6. The van der Waals surface area contributed by atoms with E-state index in [2.05, 4.69) is 15.3 Å². The first kappa shape index (κ1) is 24.4. The summed E-state index contributed by atoms with van der Waals surface area (Å²) in [6.07, 6.45) is -3.27. The van der Waals surface area contributed by atoms with Gasteiger partial charge in [-0.15, -0.1) is 0 Å². The van der Waals surface area contributed by atoms with Gasteiger partial charge in [-0.2, -0.15) is 23.8 Å². The van der Waals surface area contributed by atoms with Crippen molar-refractivity contribution in [1.82, 2.24) is 4.98 Å². The summed E-state index contributed by atoms with van der Waals surface area (Å²) < 4.78 is 74.5. The summed E-state index contributed by atoms with van der Waals surface area (Å²) in [4.78, 5) is 20.8. The number of aryl methyl sites for hydroxylation is 1. The van der Waals surface area contributed by atoms with E-state index in [9.17, 15) is 31.5 Å². The number of benzene rings is 1. The molecule has 1 aromatic carbocycles. The smallest absolute Gasteiger partial charge is 0.386 e. The molecule has 1 amide bonds. The fourth-order valence-electron chi connectivity index (χ4n) is 4.74. The Morgan fingerprint density at radius 2 is 1.94 bits per heavy atom. The summed E-state index contributed by atoms with van der Waals surface area (Å²) in [5.74, 6) is -1.42. The number of carbonyl (C=O) groups is 1. The summed E-state index contributed by atoms with van der Waals surface area (Å²) in [7, 11) is -3.26. The molecule has 3 heterocycles. The van der Waals surface area contributed by atoms with Crippen molar-refractivity contribution < 1.29 is 31.5 Å². The number of fused-ring (bicyclic) bond motifs is 2. The number of pyridine rings is 1. The average molecular weight is 501 g/mol. The van der Waals surface area contributed by atoms with Crippen molar-refractivity contribution >= 4 is 28.0 Å². The van der Waals surface area contributed by atoms with E-state index in [1.54, 1.807) is 13.8 Å². The number of alkyl halides is 3. The van der Waals surface area contributed by atoms with Crippen molar-refractivity contribution in [3.8, 4) is 0 Å². The number of anilines is 1. The number of carbonyl (C=O) groups excluding carboxylic acids is 1. The molecule has 2 aliphatic rings. The van der Waals surface area contributed by atoms with Crippen molar-refractivity contribution in [2.75, 3.05) is 5.32 Å². The van der Waals surface area contributed by atoms with Crippen LogP contribution in [0.15, 0.2) is 35.5 Å². The minimum absolute atomic E-state index is 0.0132. The lowest BCUT2D eigenvalue weighted by molar-refractivity contribution is -0.137. The maximum atomic E-state index is 15.0. The van der Waals surface area contributed by atoms with Gasteiger partial charge in [0.25, 0.3) is 5.91 Å². The summed E-state index contributed by atoms with van der Waals surface area (Å²) in [6.45, 7) is 4.53. The molecular weight excluding hydrogens is 476 g/mol. The molecule has 5 N–H and O–H groups in total. The maximum absolute atomic E-state index is 15.0. The molecule has 0 spiro atoms. The monoisotopic (exact) mass is 500 g/mol. The summed E-state index contributed by atoms with van der Waals surface area (Å²) in [5, 5.41) is 1.74. The van der Waals surface area contributed by atoms with Crippen molar-refractivity contribution in [3.63, 3.8) is 0 Å². The van der Waals surface area contributed by atoms with E-state index < -0.39 is 49.6 Å². The molecule has 4 rings (SSSR count). The Bertz CT molecular complexity index is 1220. The van der Waals surface area contributed by atoms with Crippen LogP contribution in [0.5, 0.6) is 0 Å². The Hall–Kier alpha value is -2.70. The highest BCUT2D eigenvalue weighted by Gasteiger charge is 2.62. The zero-order chi connectivity index (χ0) is 25.3. The molecule has 1 aromatic heterocycles. The molecule has 2 bridgehead atoms. The first-order valence-corrected chi connectivity index (χ1v) is 12.0. The van der Waals surface area contributed by atoms with E-state index in [4.69, 9.17) is 5.73 Å². The highest BCUT2D eigenvalue weighted by atomic mass is 32.3. The predicted octanol–water partition coefficient (Wildman–Crippen LogP) is 5.06. The SMILES string of the molecule is Cc1cc(C(F)(F)F)cnc1C(=O)Nc1ccc(F)c([C@@]2(C)N=C(N)[C@@]3(C)CC[C@@H]2S3(O)O)c1. The topological polar surface area (TPSA) is 121 Å². The fraction of sp³-hybridized carbons (Fsp3) is 0.409. The maximum Gasteiger partial charge on any atom is 0.417 e. The average Bonchev–Trinajstić information content (AvgIpc) is 2.91. The van der Waals surface area contributed by atoms with Crippen LogP contribution < -0.4 is 11.1 Å². The molecule has 7 nitrogen and oxygen atoms in total. The predicted molar refractivity (Wildman–Crippen MR) is 122 cm³/mol. The fourth-order valence-corrected chi connectivity index (χ4v) is 7.41. The van der Waals surface area contributed by atoms with E-state index in [0.717, 1.165) is 12.1 Å². The number of nitrogens with one attached hydrogen (secondary N) is 1. The zero-order valence-electron chi connectivity index (χ0n) is 18.6. The van der Waals surface area contributed by atoms with Gasteiger partial charge in [0.1, 0.15) is 27.6 Å². The summed E-state index contributed by atoms with van der Waals surface area (Å²) >= 11 is 0. The molecule has 12 heteroatoms. The molecule has 1 fully saturated rings. The lowest BCUT2D eigenvalue weighted by atomic mass is 9.86. The molecular formula is C22H24F4N4O3S. The number of halogens is 4. The summed E-state index contributed by atoms with van der Waals surface area (Å²) in [5.41, 5.74) is 3.69. The third-order valence-corrected chi connectivity index (χ3v) is 10.1. The van der Waals surface area contributed by atoms with Gasteiger partial charge in [0.05, 0.1) is 10.8 Å². The molecule has 1 saturated heterocycles. The number of hydrogen-bond donors (Lipinski definition) is 4. The minimum Gasteiger partial charge on any atom is -0.386 e. The third kappa shape index (κ3) is 3.55. The Morgan fingerprint density at radius 1 is 1.26 bits per heavy atom. The second-order valence-electron chi connectivity index (χ2n) is 9.03. The molecule has 34 heavy (non-hydrogen) atoms. The highest BCUT2D eigenvalue weighted by molar-refractivity contribution is 8.26. The van der Waals surface area contributed by atoms with E-state index in [1.165, 1.54) is 19.1 Å². The van der Waals surface area contributed by atoms with Crippen molar-refractivity contribution in [2.24, 2.45) is 10.7 Å². The van der Waals surface area contributed by atoms with Crippen LogP contribution >= 0.6 is 10.6 Å². The standard InChI is InChI=1S/C22H24F4N4O3S/c1-11-8-12(22(24,25)26)10-28-17(11)18(31)29-13-4-5-15(23)14(9-13)21(3)16-6-7-20(2,19(27)30-21)34(16,32)33/h4-5,8-10,16,32-33H,6-7H2,1-3H3,(H2,27,30)(H,29,31)/t16-,20+,21+/m0/s1. The van der Waals surface area contributed by atoms with E-state index in [1.807, 2.05) is 0 Å². The molecule has 0 unspecified atom stereocenters. The van der Waals surface area contributed by atoms with Gasteiger partial charge < -0.3 is 11.1 Å². The number of rotatable bonds is 3. The molecule has 2 aliphatic heterocycles. The first-order valence-electron chi connectivity index (χ1n) is 10.4. The summed E-state index contributed by atoms with van der Waals surface area (Å²) in [6, 6.07) is 4.52. The Kier molecular flexibility index (Phi) is 5.50. The molecule has 0 radical (unpaired) electrons. The number of aliphatic imine (C=N–C) groups is 1. The Morgan fingerprint density at radius 3 is 2.56 bits per heavy atom. The van der Waals surface area contributed by atoms with Crippen LogP contribution in [0.3, 0.4) is 0 Å². The molecule has 184 valence electrons. The molecule has 0 aliphatic carbocycles. The van der Waals surface area contributed by atoms with Gasteiger partial charge >= 0.3 is 6.18 Å². The van der Waals surface area contributed by atoms with Crippen LogP contribution in [0.25, 0.3) is 0 Å². The van der Waals surface area contributed by atoms with Crippen LogP contribution in [0.2, 0.25) is 0 Å². The van der Waals surface area contributed by atoms with E-state index in [-0.39, 0.29) is 28.3 Å². The van der Waals surface area contributed by atoms with Gasteiger partial charge in [0.15, 0.2) is 0 Å². The lowest BCUT2D eigenvalue weighted by Crippen LogP contribution is -2.53. The van der Waals surface area contributed by atoms with Gasteiger partial charge in [0, 0.05) is 17.4 Å². The van der Waals surface area contributed by atoms with Crippen molar-refractivity contribution in [3.05, 3.63) is 58.7 Å². The number of nitrogens with zero attached hydrogens (tertiary/aromatic N) is 2. The van der Waals surface area contributed by atoms with Crippen molar-refractivity contribution in [2.45, 2.75) is 55.3 Å². The third-order valence-electron chi connectivity index (χ3n) is 6.86. The zero-order valence-corrected chi connectivity index (χ0v) is 19.4. The van der Waals surface area contributed by atoms with Crippen LogP contribution in [0.4, 0.5) is 23.2 Å². The number of amides is 1. The molecule has 3 atom stereocenters. The van der Waals surface area contributed by atoms with Crippen molar-refractivity contribution in [1.29, 1.82) is 0 Å². The highest BCUT2D eigenvalue weighted by Crippen LogP contribution is 2.71.